The predicted octanol–water partition coefficient (Wildman–Crippen LogP) is 1.01. The molecule has 0 saturated carbocycles. The molecule has 0 saturated heterocycles. The summed E-state index contributed by atoms with van der Waals surface area (Å²) in [7, 11) is 0. The molecule has 1 rings (SSSR count). The van der Waals surface area contributed by atoms with Gasteiger partial charge >= 0.3 is 6.03 Å². The monoisotopic (exact) mass is 279 g/mol. The van der Waals surface area contributed by atoms with Crippen LogP contribution in [-0.2, 0) is 11.3 Å². The lowest BCUT2D eigenvalue weighted by Crippen LogP contribution is -2.42. The molecule has 0 unspecified atom stereocenters. The third-order valence-corrected chi connectivity index (χ3v) is 2.43. The Bertz CT molecular complexity index is 461. The van der Waals surface area contributed by atoms with Gasteiger partial charge in [-0.15, -0.1) is 0 Å². The Morgan fingerprint density at radius 3 is 2.75 bits per heavy atom. The van der Waals surface area contributed by atoms with Crippen molar-refractivity contribution >= 4 is 11.9 Å². The van der Waals surface area contributed by atoms with Crippen molar-refractivity contribution in [3.05, 3.63) is 29.8 Å². The normalized spacial score (nSPS) is 10.2. The van der Waals surface area contributed by atoms with Gasteiger partial charge in [-0.2, -0.15) is 0 Å². The summed E-state index contributed by atoms with van der Waals surface area (Å²) in [5.41, 5.74) is 6.42. The van der Waals surface area contributed by atoms with Gasteiger partial charge in [0.05, 0.1) is 0 Å². The number of urea groups is 1. The van der Waals surface area contributed by atoms with Crippen LogP contribution in [0.3, 0.4) is 0 Å². The zero-order chi connectivity index (χ0) is 15.0. The Hall–Kier alpha value is -2.08. The molecule has 6 nitrogen and oxygen atoms in total. The van der Waals surface area contributed by atoms with E-state index in [4.69, 9.17) is 10.5 Å². The second-order valence-electron chi connectivity index (χ2n) is 4.79. The first-order valence-electron chi connectivity index (χ1n) is 6.50. The molecular weight excluding hydrogens is 258 g/mol. The average Bonchev–Trinajstić information content (AvgIpc) is 2.43. The van der Waals surface area contributed by atoms with E-state index in [-0.39, 0.29) is 6.61 Å². The Morgan fingerprint density at radius 1 is 1.35 bits per heavy atom. The zero-order valence-corrected chi connectivity index (χ0v) is 11.8. The van der Waals surface area contributed by atoms with E-state index >= 15 is 0 Å². The fourth-order valence-electron chi connectivity index (χ4n) is 1.41. The van der Waals surface area contributed by atoms with Gasteiger partial charge in [0.15, 0.2) is 6.61 Å². The van der Waals surface area contributed by atoms with E-state index in [9.17, 15) is 9.59 Å². The number of carbonyl (C=O) groups excluding carboxylic acids is 2. The molecule has 0 fully saturated rings. The number of benzene rings is 1. The van der Waals surface area contributed by atoms with E-state index in [1.165, 1.54) is 0 Å². The second kappa shape index (κ2) is 8.16. The van der Waals surface area contributed by atoms with Crippen molar-refractivity contribution in [3.63, 3.8) is 0 Å². The van der Waals surface area contributed by atoms with Crippen LogP contribution in [0.2, 0.25) is 0 Å². The summed E-state index contributed by atoms with van der Waals surface area (Å²) in [6, 6.07) is 6.64. The molecule has 0 aromatic heterocycles. The van der Waals surface area contributed by atoms with Gasteiger partial charge in [-0.05, 0) is 23.6 Å². The number of nitrogens with one attached hydrogen (secondary N) is 2. The van der Waals surface area contributed by atoms with Crippen LogP contribution >= 0.6 is 0 Å². The van der Waals surface area contributed by atoms with Crippen LogP contribution in [-0.4, -0.2) is 25.1 Å². The molecule has 20 heavy (non-hydrogen) atoms. The maximum Gasteiger partial charge on any atom is 0.321 e. The van der Waals surface area contributed by atoms with E-state index in [0.717, 1.165) is 5.56 Å². The minimum atomic E-state index is -0.511. The maximum absolute atomic E-state index is 11.5. The van der Waals surface area contributed by atoms with E-state index < -0.39 is 11.9 Å². The molecule has 0 aliphatic heterocycles. The lowest BCUT2D eigenvalue weighted by Gasteiger charge is -2.09. The van der Waals surface area contributed by atoms with E-state index in [1.54, 1.807) is 18.2 Å². The minimum absolute atomic E-state index is 0.219. The Labute approximate surface area is 118 Å². The highest BCUT2D eigenvalue weighted by atomic mass is 16.5. The molecule has 0 heterocycles. The number of hydrogen-bond donors (Lipinski definition) is 3. The predicted molar refractivity (Wildman–Crippen MR) is 76.2 cm³/mol. The SMILES string of the molecule is CC(C)CNC(=O)NC(=O)COc1cccc(CN)c1. The maximum atomic E-state index is 11.5. The molecule has 4 N–H and O–H groups in total. The van der Waals surface area contributed by atoms with Crippen molar-refractivity contribution in [2.75, 3.05) is 13.2 Å². The number of ether oxygens (including phenoxy) is 1. The number of imide groups is 1. The van der Waals surface area contributed by atoms with Crippen LogP contribution in [0.1, 0.15) is 19.4 Å². The first kappa shape index (κ1) is 16.0. The lowest BCUT2D eigenvalue weighted by molar-refractivity contribution is -0.122. The topological polar surface area (TPSA) is 93.5 Å². The van der Waals surface area contributed by atoms with Crippen molar-refractivity contribution in [2.45, 2.75) is 20.4 Å². The van der Waals surface area contributed by atoms with Gasteiger partial charge in [0.2, 0.25) is 0 Å². The fraction of sp³-hybridized carbons (Fsp3) is 0.429. The Morgan fingerprint density at radius 2 is 2.10 bits per heavy atom. The van der Waals surface area contributed by atoms with Gasteiger partial charge < -0.3 is 15.8 Å². The Balaban J connectivity index is 2.33. The first-order chi connectivity index (χ1) is 9.51. The summed E-state index contributed by atoms with van der Waals surface area (Å²) >= 11 is 0. The summed E-state index contributed by atoms with van der Waals surface area (Å²) in [4.78, 5) is 22.9. The van der Waals surface area contributed by atoms with Crippen molar-refractivity contribution in [1.82, 2.24) is 10.6 Å². The molecular formula is C14H21N3O3. The summed E-state index contributed by atoms with van der Waals surface area (Å²) in [6.45, 7) is 4.63. The second-order valence-corrected chi connectivity index (χ2v) is 4.79. The quantitative estimate of drug-likeness (QED) is 0.724. The third-order valence-electron chi connectivity index (χ3n) is 2.43. The third kappa shape index (κ3) is 6.19. The van der Waals surface area contributed by atoms with Crippen LogP contribution in [0.25, 0.3) is 0 Å². The molecule has 0 aliphatic carbocycles. The standard InChI is InChI=1S/C14H21N3O3/c1-10(2)8-16-14(19)17-13(18)9-20-12-5-3-4-11(6-12)7-15/h3-6,10H,7-9,15H2,1-2H3,(H2,16,17,18,19). The molecule has 0 aliphatic rings. The molecule has 0 spiro atoms. The van der Waals surface area contributed by atoms with Gasteiger partial charge in [-0.1, -0.05) is 26.0 Å². The van der Waals surface area contributed by atoms with E-state index in [1.807, 2.05) is 19.9 Å². The highest BCUT2D eigenvalue weighted by Crippen LogP contribution is 2.12. The summed E-state index contributed by atoms with van der Waals surface area (Å²) in [5, 5.41) is 4.78. The van der Waals surface area contributed by atoms with Crippen molar-refractivity contribution in [3.8, 4) is 5.75 Å². The molecule has 1 aromatic rings. The molecule has 3 amide bonds. The van der Waals surface area contributed by atoms with Crippen LogP contribution in [0.4, 0.5) is 4.79 Å². The molecule has 6 heteroatoms. The Kier molecular flexibility index (Phi) is 6.52. The summed E-state index contributed by atoms with van der Waals surface area (Å²) in [6.07, 6.45) is 0. The summed E-state index contributed by atoms with van der Waals surface area (Å²) < 4.78 is 5.29. The minimum Gasteiger partial charge on any atom is -0.484 e. The van der Waals surface area contributed by atoms with Crippen molar-refractivity contribution < 1.29 is 14.3 Å². The van der Waals surface area contributed by atoms with Gasteiger partial charge in [0.25, 0.3) is 5.91 Å². The van der Waals surface area contributed by atoms with Crippen LogP contribution < -0.4 is 21.1 Å². The number of carbonyl (C=O) groups is 2. The van der Waals surface area contributed by atoms with E-state index in [2.05, 4.69) is 10.6 Å². The van der Waals surface area contributed by atoms with Crippen molar-refractivity contribution in [1.29, 1.82) is 0 Å². The average molecular weight is 279 g/mol. The number of nitrogens with two attached hydrogens (primary N) is 1. The number of hydrogen-bond acceptors (Lipinski definition) is 4. The van der Waals surface area contributed by atoms with Crippen LogP contribution in [0.15, 0.2) is 24.3 Å². The van der Waals surface area contributed by atoms with E-state index in [0.29, 0.717) is 24.8 Å². The first-order valence-corrected chi connectivity index (χ1v) is 6.50. The smallest absolute Gasteiger partial charge is 0.321 e. The van der Waals surface area contributed by atoms with Gasteiger partial charge in [0.1, 0.15) is 5.75 Å². The van der Waals surface area contributed by atoms with Gasteiger partial charge in [-0.25, -0.2) is 4.79 Å². The largest absolute Gasteiger partial charge is 0.484 e. The molecule has 0 atom stereocenters. The highest BCUT2D eigenvalue weighted by Gasteiger charge is 2.08. The van der Waals surface area contributed by atoms with Gasteiger partial charge in [0, 0.05) is 13.1 Å². The summed E-state index contributed by atoms with van der Waals surface area (Å²) in [5.74, 6) is 0.376. The molecule has 0 bridgehead atoms. The molecule has 1 aromatic carbocycles. The molecule has 0 radical (unpaired) electrons. The number of amides is 3. The van der Waals surface area contributed by atoms with Crippen LogP contribution in [0, 0.1) is 5.92 Å². The molecule has 110 valence electrons. The zero-order valence-electron chi connectivity index (χ0n) is 11.8. The number of rotatable bonds is 6. The highest BCUT2D eigenvalue weighted by molar-refractivity contribution is 5.94. The van der Waals surface area contributed by atoms with Crippen molar-refractivity contribution in [2.24, 2.45) is 11.7 Å². The van der Waals surface area contributed by atoms with Gasteiger partial charge in [-0.3, -0.25) is 10.1 Å². The van der Waals surface area contributed by atoms with Crippen LogP contribution in [0.5, 0.6) is 5.75 Å². The lowest BCUT2D eigenvalue weighted by atomic mass is 10.2. The fourth-order valence-corrected chi connectivity index (χ4v) is 1.41.